The van der Waals surface area contributed by atoms with Gasteiger partial charge < -0.3 is 15.6 Å². The van der Waals surface area contributed by atoms with Crippen LogP contribution in [0.15, 0.2) is 48.7 Å². The Balaban J connectivity index is 1.53. The van der Waals surface area contributed by atoms with Gasteiger partial charge in [0.15, 0.2) is 0 Å². The van der Waals surface area contributed by atoms with Crippen molar-refractivity contribution >= 4 is 16.8 Å². The summed E-state index contributed by atoms with van der Waals surface area (Å²) in [5.74, 6) is -0.300. The third-order valence-corrected chi connectivity index (χ3v) is 4.73. The third-order valence-electron chi connectivity index (χ3n) is 4.73. The molecular formula is C20H20FN3O. The highest BCUT2D eigenvalue weighted by Gasteiger charge is 2.16. The molecule has 0 aliphatic carbocycles. The monoisotopic (exact) mass is 337 g/mol. The summed E-state index contributed by atoms with van der Waals surface area (Å²) >= 11 is 0. The van der Waals surface area contributed by atoms with E-state index in [2.05, 4.69) is 15.6 Å². The Morgan fingerprint density at radius 3 is 2.76 bits per heavy atom. The van der Waals surface area contributed by atoms with Gasteiger partial charge in [-0.15, -0.1) is 0 Å². The summed E-state index contributed by atoms with van der Waals surface area (Å²) in [5, 5.41) is 7.34. The molecule has 2 heterocycles. The van der Waals surface area contributed by atoms with E-state index in [0.717, 1.165) is 48.0 Å². The van der Waals surface area contributed by atoms with Crippen LogP contribution in [0.3, 0.4) is 0 Å². The molecule has 2 aromatic carbocycles. The average molecular weight is 337 g/mol. The molecular weight excluding hydrogens is 317 g/mol. The van der Waals surface area contributed by atoms with Crippen LogP contribution in [0.4, 0.5) is 4.39 Å². The van der Waals surface area contributed by atoms with Gasteiger partial charge in [0.2, 0.25) is 0 Å². The van der Waals surface area contributed by atoms with Gasteiger partial charge in [-0.3, -0.25) is 4.79 Å². The van der Waals surface area contributed by atoms with Crippen LogP contribution >= 0.6 is 0 Å². The normalized spacial score (nSPS) is 17.6. The van der Waals surface area contributed by atoms with Crippen molar-refractivity contribution in [3.63, 3.8) is 0 Å². The van der Waals surface area contributed by atoms with Crippen molar-refractivity contribution in [3.8, 4) is 11.1 Å². The van der Waals surface area contributed by atoms with Crippen molar-refractivity contribution in [1.82, 2.24) is 15.6 Å². The lowest BCUT2D eigenvalue weighted by Gasteiger charge is -2.23. The number of H-pyrrole nitrogens is 1. The first kappa shape index (κ1) is 15.8. The second-order valence-electron chi connectivity index (χ2n) is 6.49. The third kappa shape index (κ3) is 3.28. The zero-order valence-electron chi connectivity index (χ0n) is 13.8. The highest BCUT2D eigenvalue weighted by atomic mass is 19.1. The lowest BCUT2D eigenvalue weighted by Crippen LogP contribution is -2.45. The second kappa shape index (κ2) is 6.69. The number of fused-ring (bicyclic) bond motifs is 1. The molecule has 0 radical (unpaired) electrons. The van der Waals surface area contributed by atoms with E-state index in [0.29, 0.717) is 5.56 Å². The predicted molar refractivity (Wildman–Crippen MR) is 97.1 cm³/mol. The van der Waals surface area contributed by atoms with Gasteiger partial charge in [0.25, 0.3) is 5.91 Å². The number of hydrogen-bond donors (Lipinski definition) is 3. The van der Waals surface area contributed by atoms with Gasteiger partial charge in [-0.25, -0.2) is 4.39 Å². The number of halogens is 1. The second-order valence-corrected chi connectivity index (χ2v) is 6.49. The predicted octanol–water partition coefficient (Wildman–Crippen LogP) is 3.46. The maximum absolute atomic E-state index is 13.3. The molecule has 1 aliphatic rings. The SMILES string of the molecule is O=C(N[C@@H]1CCCNC1)c1ccc(-c2c[nH]c3cc(F)ccc23)cc1. The molecule has 25 heavy (non-hydrogen) atoms. The van der Waals surface area contributed by atoms with E-state index < -0.39 is 0 Å². The van der Waals surface area contributed by atoms with Gasteiger partial charge in [0.05, 0.1) is 0 Å². The molecule has 0 saturated carbocycles. The van der Waals surface area contributed by atoms with Crippen LogP contribution in [0.1, 0.15) is 23.2 Å². The maximum atomic E-state index is 13.3. The van der Waals surface area contributed by atoms with Crippen LogP contribution in [0.5, 0.6) is 0 Å². The molecule has 0 bridgehead atoms. The Labute approximate surface area is 145 Å². The molecule has 1 amide bonds. The largest absolute Gasteiger partial charge is 0.360 e. The molecule has 4 nitrogen and oxygen atoms in total. The van der Waals surface area contributed by atoms with Gasteiger partial charge in [-0.2, -0.15) is 0 Å². The fourth-order valence-electron chi connectivity index (χ4n) is 3.38. The number of rotatable bonds is 3. The number of carbonyl (C=O) groups is 1. The van der Waals surface area contributed by atoms with Crippen LogP contribution in [0.25, 0.3) is 22.0 Å². The summed E-state index contributed by atoms with van der Waals surface area (Å²) in [6, 6.07) is 12.4. The van der Waals surface area contributed by atoms with Crippen LogP contribution in [0.2, 0.25) is 0 Å². The highest BCUT2D eigenvalue weighted by molar-refractivity contribution is 5.97. The van der Waals surface area contributed by atoms with Crippen LogP contribution in [-0.2, 0) is 0 Å². The summed E-state index contributed by atoms with van der Waals surface area (Å²) in [5.41, 5.74) is 3.41. The average Bonchev–Trinajstić information content (AvgIpc) is 3.05. The number of amides is 1. The minimum Gasteiger partial charge on any atom is -0.360 e. The molecule has 5 heteroatoms. The van der Waals surface area contributed by atoms with E-state index in [4.69, 9.17) is 0 Å². The molecule has 128 valence electrons. The van der Waals surface area contributed by atoms with Crippen LogP contribution < -0.4 is 10.6 Å². The molecule has 0 unspecified atom stereocenters. The fraction of sp³-hybridized carbons (Fsp3) is 0.250. The molecule has 3 N–H and O–H groups in total. The van der Waals surface area contributed by atoms with Gasteiger partial charge in [-0.1, -0.05) is 12.1 Å². The summed E-state index contributed by atoms with van der Waals surface area (Å²) in [6.07, 6.45) is 3.97. The van der Waals surface area contributed by atoms with E-state index in [1.165, 1.54) is 12.1 Å². The van der Waals surface area contributed by atoms with Crippen molar-refractivity contribution in [3.05, 3.63) is 60.0 Å². The van der Waals surface area contributed by atoms with E-state index in [9.17, 15) is 9.18 Å². The van der Waals surface area contributed by atoms with E-state index >= 15 is 0 Å². The first-order chi connectivity index (χ1) is 12.2. The van der Waals surface area contributed by atoms with Crippen molar-refractivity contribution < 1.29 is 9.18 Å². The number of benzene rings is 2. The van der Waals surface area contributed by atoms with Crippen molar-refractivity contribution in [2.45, 2.75) is 18.9 Å². The molecule has 1 saturated heterocycles. The smallest absolute Gasteiger partial charge is 0.251 e. The number of piperidine rings is 1. The molecule has 1 aliphatic heterocycles. The first-order valence-electron chi connectivity index (χ1n) is 8.59. The lowest BCUT2D eigenvalue weighted by atomic mass is 10.0. The standard InChI is InChI=1S/C20H20FN3O/c21-15-7-8-17-18(12-23-19(17)10-15)13-3-5-14(6-4-13)20(25)24-16-2-1-9-22-11-16/h3-8,10,12,16,22-23H,1-2,9,11H2,(H,24,25)/t16-/m1/s1. The zero-order valence-corrected chi connectivity index (χ0v) is 13.8. The van der Waals surface area contributed by atoms with E-state index in [1.54, 1.807) is 6.07 Å². The maximum Gasteiger partial charge on any atom is 0.251 e. The Kier molecular flexibility index (Phi) is 4.24. The van der Waals surface area contributed by atoms with Gasteiger partial charge in [0.1, 0.15) is 5.82 Å². The number of aromatic amines is 1. The number of aromatic nitrogens is 1. The molecule has 1 fully saturated rings. The summed E-state index contributed by atoms with van der Waals surface area (Å²) in [4.78, 5) is 15.5. The zero-order chi connectivity index (χ0) is 17.2. The first-order valence-corrected chi connectivity index (χ1v) is 8.59. The number of nitrogens with one attached hydrogen (secondary N) is 3. The minimum absolute atomic E-state index is 0.0405. The minimum atomic E-state index is -0.259. The summed E-state index contributed by atoms with van der Waals surface area (Å²) in [7, 11) is 0. The van der Waals surface area contributed by atoms with E-state index in [-0.39, 0.29) is 17.8 Å². The van der Waals surface area contributed by atoms with Crippen molar-refractivity contribution in [2.75, 3.05) is 13.1 Å². The van der Waals surface area contributed by atoms with Crippen LogP contribution in [-0.4, -0.2) is 30.0 Å². The molecule has 1 aromatic heterocycles. The number of hydrogen-bond acceptors (Lipinski definition) is 2. The Morgan fingerprint density at radius 1 is 1.16 bits per heavy atom. The highest BCUT2D eigenvalue weighted by Crippen LogP contribution is 2.29. The molecule has 1 atom stereocenters. The Hall–Kier alpha value is -2.66. The van der Waals surface area contributed by atoms with Gasteiger partial charge in [-0.05, 0) is 55.3 Å². The quantitative estimate of drug-likeness (QED) is 0.685. The summed E-state index contributed by atoms with van der Waals surface area (Å²) in [6.45, 7) is 1.85. The molecule has 0 spiro atoms. The Morgan fingerprint density at radius 2 is 2.00 bits per heavy atom. The fourth-order valence-corrected chi connectivity index (χ4v) is 3.38. The molecule has 3 aromatic rings. The van der Waals surface area contributed by atoms with Crippen LogP contribution in [0, 0.1) is 5.82 Å². The van der Waals surface area contributed by atoms with Gasteiger partial charge in [0, 0.05) is 40.8 Å². The topological polar surface area (TPSA) is 56.9 Å². The van der Waals surface area contributed by atoms with Crippen molar-refractivity contribution in [1.29, 1.82) is 0 Å². The van der Waals surface area contributed by atoms with Crippen molar-refractivity contribution in [2.24, 2.45) is 0 Å². The number of carbonyl (C=O) groups excluding carboxylic acids is 1. The van der Waals surface area contributed by atoms with E-state index in [1.807, 2.05) is 30.5 Å². The lowest BCUT2D eigenvalue weighted by molar-refractivity contribution is 0.0930. The molecule has 4 rings (SSSR count). The van der Waals surface area contributed by atoms with Gasteiger partial charge >= 0.3 is 0 Å². The summed E-state index contributed by atoms with van der Waals surface area (Å²) < 4.78 is 13.3. The Bertz CT molecular complexity index is 895.